The Labute approximate surface area is 93.3 Å². The van der Waals surface area contributed by atoms with Crippen molar-refractivity contribution in [1.29, 1.82) is 0 Å². The predicted molar refractivity (Wildman–Crippen MR) is 64.7 cm³/mol. The molecule has 0 fully saturated rings. The van der Waals surface area contributed by atoms with E-state index in [1.807, 2.05) is 0 Å². The van der Waals surface area contributed by atoms with Crippen molar-refractivity contribution in [3.8, 4) is 0 Å². The van der Waals surface area contributed by atoms with Gasteiger partial charge in [0, 0.05) is 6.42 Å². The minimum atomic E-state index is 0.171. The van der Waals surface area contributed by atoms with Crippen LogP contribution in [-0.2, 0) is 4.79 Å². The van der Waals surface area contributed by atoms with Gasteiger partial charge in [0.05, 0.1) is 0 Å². The lowest BCUT2D eigenvalue weighted by molar-refractivity contribution is -0.115. The molecule has 0 aliphatic heterocycles. The standard InChI is InChI=1S/C14H22O/c1-5-12(15)8-9-13-11(2)7-6-10-14(13,3)4/h5,7,13H,1,6,8-10H2,2-4H3. The van der Waals surface area contributed by atoms with Gasteiger partial charge >= 0.3 is 0 Å². The highest BCUT2D eigenvalue weighted by molar-refractivity contribution is 5.88. The highest BCUT2D eigenvalue weighted by atomic mass is 16.1. The second-order valence-electron chi connectivity index (χ2n) is 5.24. The van der Waals surface area contributed by atoms with Crippen LogP contribution in [0.5, 0.6) is 0 Å². The van der Waals surface area contributed by atoms with Crippen molar-refractivity contribution < 1.29 is 4.79 Å². The van der Waals surface area contributed by atoms with Crippen LogP contribution in [0.1, 0.15) is 46.5 Å². The second-order valence-corrected chi connectivity index (χ2v) is 5.24. The van der Waals surface area contributed by atoms with Crippen LogP contribution in [0.2, 0.25) is 0 Å². The molecule has 0 aromatic carbocycles. The molecule has 1 unspecified atom stereocenters. The lowest BCUT2D eigenvalue weighted by Crippen LogP contribution is -2.28. The number of rotatable bonds is 4. The Bertz CT molecular complexity index is 284. The highest BCUT2D eigenvalue weighted by Crippen LogP contribution is 2.43. The summed E-state index contributed by atoms with van der Waals surface area (Å²) >= 11 is 0. The largest absolute Gasteiger partial charge is 0.295 e. The Kier molecular flexibility index (Phi) is 3.90. The highest BCUT2D eigenvalue weighted by Gasteiger charge is 2.32. The average Bonchev–Trinajstić information content (AvgIpc) is 2.15. The van der Waals surface area contributed by atoms with E-state index in [1.54, 1.807) is 0 Å². The second kappa shape index (κ2) is 4.78. The average molecular weight is 206 g/mol. The van der Waals surface area contributed by atoms with Gasteiger partial charge in [-0.15, -0.1) is 0 Å². The number of hydrogen-bond acceptors (Lipinski definition) is 1. The Morgan fingerprint density at radius 1 is 1.67 bits per heavy atom. The first-order chi connectivity index (χ1) is 6.97. The predicted octanol–water partition coefficient (Wildman–Crippen LogP) is 3.90. The van der Waals surface area contributed by atoms with E-state index in [-0.39, 0.29) is 5.78 Å². The molecule has 1 heteroatoms. The van der Waals surface area contributed by atoms with Crippen molar-refractivity contribution in [2.24, 2.45) is 11.3 Å². The fraction of sp³-hybridized carbons (Fsp3) is 0.643. The van der Waals surface area contributed by atoms with E-state index in [4.69, 9.17) is 0 Å². The molecule has 0 saturated heterocycles. The molecule has 1 aliphatic rings. The molecule has 0 N–H and O–H groups in total. The van der Waals surface area contributed by atoms with Crippen LogP contribution in [0.3, 0.4) is 0 Å². The van der Waals surface area contributed by atoms with Gasteiger partial charge in [0.2, 0.25) is 0 Å². The van der Waals surface area contributed by atoms with Crippen LogP contribution in [-0.4, -0.2) is 5.78 Å². The van der Waals surface area contributed by atoms with Gasteiger partial charge in [-0.2, -0.15) is 0 Å². The number of allylic oxidation sites excluding steroid dienone is 3. The van der Waals surface area contributed by atoms with E-state index >= 15 is 0 Å². The van der Waals surface area contributed by atoms with Crippen LogP contribution < -0.4 is 0 Å². The van der Waals surface area contributed by atoms with E-state index in [2.05, 4.69) is 33.4 Å². The number of ketones is 1. The summed E-state index contributed by atoms with van der Waals surface area (Å²) in [6.07, 6.45) is 7.80. The van der Waals surface area contributed by atoms with Gasteiger partial charge in [-0.05, 0) is 43.6 Å². The van der Waals surface area contributed by atoms with E-state index < -0.39 is 0 Å². The first kappa shape index (κ1) is 12.2. The third-order valence-corrected chi connectivity index (χ3v) is 3.66. The fourth-order valence-electron chi connectivity index (χ4n) is 2.61. The molecule has 0 aromatic heterocycles. The lowest BCUT2D eigenvalue weighted by Gasteiger charge is -2.38. The molecule has 0 spiro atoms. The van der Waals surface area contributed by atoms with Gasteiger partial charge in [-0.1, -0.05) is 32.1 Å². The SMILES string of the molecule is C=CC(=O)CCC1C(C)=CCCC1(C)C. The fourth-order valence-corrected chi connectivity index (χ4v) is 2.61. The van der Waals surface area contributed by atoms with Crippen molar-refractivity contribution >= 4 is 5.78 Å². The van der Waals surface area contributed by atoms with Gasteiger partial charge in [0.1, 0.15) is 0 Å². The summed E-state index contributed by atoms with van der Waals surface area (Å²) in [5, 5.41) is 0. The summed E-state index contributed by atoms with van der Waals surface area (Å²) < 4.78 is 0. The topological polar surface area (TPSA) is 17.1 Å². The molecule has 0 amide bonds. The van der Waals surface area contributed by atoms with Gasteiger partial charge < -0.3 is 0 Å². The Morgan fingerprint density at radius 3 is 2.87 bits per heavy atom. The summed E-state index contributed by atoms with van der Waals surface area (Å²) in [4.78, 5) is 11.2. The minimum absolute atomic E-state index is 0.171. The molecule has 1 atom stereocenters. The zero-order valence-electron chi connectivity index (χ0n) is 10.2. The summed E-state index contributed by atoms with van der Waals surface area (Å²) in [6.45, 7) is 10.3. The van der Waals surface area contributed by atoms with Gasteiger partial charge in [-0.25, -0.2) is 0 Å². The summed E-state index contributed by atoms with van der Waals surface area (Å²) in [7, 11) is 0. The molecule has 84 valence electrons. The van der Waals surface area contributed by atoms with Crippen molar-refractivity contribution in [3.63, 3.8) is 0 Å². The molecular weight excluding hydrogens is 184 g/mol. The monoisotopic (exact) mass is 206 g/mol. The first-order valence-corrected chi connectivity index (χ1v) is 5.79. The molecule has 0 radical (unpaired) electrons. The maximum Gasteiger partial charge on any atom is 0.155 e. The third-order valence-electron chi connectivity index (χ3n) is 3.66. The van der Waals surface area contributed by atoms with Crippen LogP contribution in [0.15, 0.2) is 24.3 Å². The normalized spacial score (nSPS) is 24.5. The smallest absolute Gasteiger partial charge is 0.155 e. The third kappa shape index (κ3) is 3.05. The van der Waals surface area contributed by atoms with Gasteiger partial charge in [0.25, 0.3) is 0 Å². The van der Waals surface area contributed by atoms with E-state index in [0.29, 0.717) is 17.8 Å². The summed E-state index contributed by atoms with van der Waals surface area (Å²) in [5.74, 6) is 0.735. The molecular formula is C14H22O. The van der Waals surface area contributed by atoms with Crippen LogP contribution >= 0.6 is 0 Å². The molecule has 0 aromatic rings. The maximum absolute atomic E-state index is 11.2. The minimum Gasteiger partial charge on any atom is -0.295 e. The molecule has 15 heavy (non-hydrogen) atoms. The number of carbonyl (C=O) groups is 1. The van der Waals surface area contributed by atoms with Crippen LogP contribution in [0.25, 0.3) is 0 Å². The molecule has 1 rings (SSSR count). The maximum atomic E-state index is 11.2. The Balaban J connectivity index is 2.64. The van der Waals surface area contributed by atoms with Gasteiger partial charge in [0.15, 0.2) is 5.78 Å². The molecule has 1 nitrogen and oxygen atoms in total. The van der Waals surface area contributed by atoms with E-state index in [1.165, 1.54) is 24.5 Å². The molecule has 1 aliphatic carbocycles. The van der Waals surface area contributed by atoms with Crippen LogP contribution in [0.4, 0.5) is 0 Å². The van der Waals surface area contributed by atoms with E-state index in [9.17, 15) is 4.79 Å². The molecule has 0 bridgehead atoms. The van der Waals surface area contributed by atoms with Crippen molar-refractivity contribution in [1.82, 2.24) is 0 Å². The van der Waals surface area contributed by atoms with Crippen molar-refractivity contribution in [2.45, 2.75) is 46.5 Å². The summed E-state index contributed by atoms with van der Waals surface area (Å²) in [6, 6.07) is 0. The first-order valence-electron chi connectivity index (χ1n) is 5.79. The van der Waals surface area contributed by atoms with E-state index in [0.717, 1.165) is 6.42 Å². The van der Waals surface area contributed by atoms with Crippen LogP contribution in [0, 0.1) is 11.3 Å². The summed E-state index contributed by atoms with van der Waals surface area (Å²) in [5.41, 5.74) is 1.81. The van der Waals surface area contributed by atoms with Gasteiger partial charge in [-0.3, -0.25) is 4.79 Å². The zero-order chi connectivity index (χ0) is 11.5. The molecule has 0 heterocycles. The Morgan fingerprint density at radius 2 is 2.33 bits per heavy atom. The Hall–Kier alpha value is -0.850. The number of hydrogen-bond donors (Lipinski definition) is 0. The quantitative estimate of drug-likeness (QED) is 0.503. The van der Waals surface area contributed by atoms with Crippen molar-refractivity contribution in [2.75, 3.05) is 0 Å². The zero-order valence-corrected chi connectivity index (χ0v) is 10.2. The molecule has 0 saturated carbocycles. The van der Waals surface area contributed by atoms with Crippen molar-refractivity contribution in [3.05, 3.63) is 24.3 Å². The number of carbonyl (C=O) groups excluding carboxylic acids is 1. The lowest BCUT2D eigenvalue weighted by atomic mass is 9.67.